The number of aryl methyl sites for hydroxylation is 1. The predicted octanol–water partition coefficient (Wildman–Crippen LogP) is 6.39. The first-order valence-corrected chi connectivity index (χ1v) is 16.5. The lowest BCUT2D eigenvalue weighted by atomic mass is 9.74. The number of rotatable bonds is 10. The van der Waals surface area contributed by atoms with E-state index in [9.17, 15) is 28.0 Å². The number of ether oxygens (including phenoxy) is 2. The van der Waals surface area contributed by atoms with E-state index in [-0.39, 0.29) is 63.9 Å². The molecule has 0 N–H and O–H groups in total. The molecule has 11 nitrogen and oxygen atoms in total. The maximum Gasteiger partial charge on any atom is 0.426 e. The molecule has 0 amide bonds. The Balaban J connectivity index is 0.000000724. The quantitative estimate of drug-likeness (QED) is 0.201. The molecule has 0 aliphatic carbocycles. The summed E-state index contributed by atoms with van der Waals surface area (Å²) in [4.78, 5) is 47.6. The summed E-state index contributed by atoms with van der Waals surface area (Å²) in [7, 11) is -0.406. The van der Waals surface area contributed by atoms with Crippen LogP contribution in [0.3, 0.4) is 0 Å². The Morgan fingerprint density at radius 1 is 0.771 bits per heavy atom. The number of nitrogens with zero attached hydrogens (tertiary/aromatic N) is 2. The Morgan fingerprint density at radius 2 is 1.12 bits per heavy atom. The van der Waals surface area contributed by atoms with Crippen LogP contribution >= 0.6 is 15.9 Å². The van der Waals surface area contributed by atoms with Crippen LogP contribution in [0.1, 0.15) is 79.5 Å². The third-order valence-corrected chi connectivity index (χ3v) is 7.14. The van der Waals surface area contributed by atoms with Gasteiger partial charge in [-0.1, -0.05) is 35.1 Å². The third-order valence-electron chi connectivity index (χ3n) is 6.54. The van der Waals surface area contributed by atoms with Gasteiger partial charge >= 0.3 is 33.3 Å². The van der Waals surface area contributed by atoms with Crippen molar-refractivity contribution in [1.82, 2.24) is 9.13 Å². The first-order chi connectivity index (χ1) is 21.9. The topological polar surface area (TPSA) is 124 Å². The summed E-state index contributed by atoms with van der Waals surface area (Å²) >= 11 is 2.94. The van der Waals surface area contributed by atoms with Gasteiger partial charge in [0.05, 0.1) is 17.7 Å². The van der Waals surface area contributed by atoms with Crippen LogP contribution in [-0.2, 0) is 32.8 Å². The van der Waals surface area contributed by atoms with Gasteiger partial charge in [-0.25, -0.2) is 18.4 Å². The molecule has 3 heterocycles. The van der Waals surface area contributed by atoms with Crippen molar-refractivity contribution in [1.29, 1.82) is 0 Å². The summed E-state index contributed by atoms with van der Waals surface area (Å²) in [5.74, 6) is -1.74. The number of carbonyl (C=O) groups is 2. The summed E-state index contributed by atoms with van der Waals surface area (Å²) in [6.45, 7) is 18.6. The summed E-state index contributed by atoms with van der Waals surface area (Å²) < 4.78 is 54.7. The van der Waals surface area contributed by atoms with Crippen LogP contribution in [0.15, 0.2) is 38.6 Å². The van der Waals surface area contributed by atoms with Crippen LogP contribution in [0.4, 0.5) is 8.78 Å². The molecule has 2 unspecified atom stereocenters. The fourth-order valence-corrected chi connectivity index (χ4v) is 4.82. The zero-order valence-electron chi connectivity index (χ0n) is 28.9. The Hall–Kier alpha value is -2.75. The SMILES string of the molecule is C.CB1OB(C)OB(C)O1.CCOC(=O)C(CC(C)C)n1cc(F)c(Br)cc1=O.CCOC(=O)C(CC(C)C)n1cc(F)c(C)cc1=O. The molecule has 2 atom stereocenters. The van der Waals surface area contributed by atoms with Gasteiger partial charge in [0.25, 0.3) is 11.1 Å². The van der Waals surface area contributed by atoms with Crippen molar-refractivity contribution in [3.63, 3.8) is 0 Å². The Morgan fingerprint density at radius 3 is 1.48 bits per heavy atom. The number of halogens is 3. The first kappa shape index (κ1) is 45.3. The molecule has 48 heavy (non-hydrogen) atoms. The van der Waals surface area contributed by atoms with Crippen LogP contribution < -0.4 is 11.1 Å². The van der Waals surface area contributed by atoms with Gasteiger partial charge in [0.2, 0.25) is 0 Å². The van der Waals surface area contributed by atoms with Crippen molar-refractivity contribution in [3.05, 3.63) is 66.9 Å². The van der Waals surface area contributed by atoms with E-state index in [0.717, 1.165) is 27.6 Å². The Bertz CT molecular complexity index is 1310. The Kier molecular flexibility index (Phi) is 20.8. The summed E-state index contributed by atoms with van der Waals surface area (Å²) in [6, 6.07) is 0.738. The van der Waals surface area contributed by atoms with Crippen molar-refractivity contribution in [2.45, 2.75) is 101 Å². The zero-order valence-corrected chi connectivity index (χ0v) is 30.5. The number of aromatic nitrogens is 2. The van der Waals surface area contributed by atoms with Gasteiger partial charge in [0.1, 0.15) is 17.9 Å². The summed E-state index contributed by atoms with van der Waals surface area (Å²) in [6.07, 6.45) is 2.97. The predicted molar refractivity (Wildman–Crippen MR) is 189 cm³/mol. The number of hydrogen-bond acceptors (Lipinski definition) is 9. The lowest BCUT2D eigenvalue weighted by molar-refractivity contribution is -0.148. The van der Waals surface area contributed by atoms with E-state index in [1.54, 1.807) is 13.8 Å². The van der Waals surface area contributed by atoms with E-state index < -0.39 is 46.8 Å². The molecule has 17 heteroatoms. The van der Waals surface area contributed by atoms with Gasteiger partial charge in [-0.2, -0.15) is 0 Å². The van der Waals surface area contributed by atoms with Gasteiger partial charge in [0, 0.05) is 24.5 Å². The average molecular weight is 745 g/mol. The van der Waals surface area contributed by atoms with Crippen molar-refractivity contribution in [2.75, 3.05) is 13.2 Å². The van der Waals surface area contributed by atoms with E-state index in [4.69, 9.17) is 23.2 Å². The van der Waals surface area contributed by atoms with Crippen molar-refractivity contribution >= 4 is 49.2 Å². The summed E-state index contributed by atoms with van der Waals surface area (Å²) in [5.41, 5.74) is -0.557. The molecule has 2 aromatic heterocycles. The number of hydrogen-bond donors (Lipinski definition) is 0. The lowest BCUT2D eigenvalue weighted by Crippen LogP contribution is -2.44. The maximum absolute atomic E-state index is 13.6. The zero-order chi connectivity index (χ0) is 36.0. The molecule has 2 aromatic rings. The van der Waals surface area contributed by atoms with E-state index in [2.05, 4.69) is 15.9 Å². The van der Waals surface area contributed by atoms with Gasteiger partial charge in [-0.15, -0.1) is 0 Å². The second kappa shape index (κ2) is 22.1. The van der Waals surface area contributed by atoms with Crippen LogP contribution in [0, 0.1) is 30.4 Å². The highest BCUT2D eigenvalue weighted by molar-refractivity contribution is 9.10. The van der Waals surface area contributed by atoms with Gasteiger partial charge in [0.15, 0.2) is 5.82 Å². The van der Waals surface area contributed by atoms with E-state index in [1.807, 2.05) is 48.2 Å². The highest BCUT2D eigenvalue weighted by Crippen LogP contribution is 2.21. The highest BCUT2D eigenvalue weighted by Gasteiger charge is 2.31. The number of pyridine rings is 2. The molecule has 0 spiro atoms. The molecule has 3 rings (SSSR count). The number of esters is 2. The van der Waals surface area contributed by atoms with Crippen molar-refractivity contribution in [2.24, 2.45) is 11.8 Å². The highest BCUT2D eigenvalue weighted by atomic mass is 79.9. The number of carbonyl (C=O) groups excluding carboxylic acids is 2. The van der Waals surface area contributed by atoms with Gasteiger partial charge in [-0.05, 0) is 87.4 Å². The normalized spacial score (nSPS) is 13.9. The Labute approximate surface area is 292 Å². The molecular formula is C31H50B3BrF2N2O9. The molecule has 1 aliphatic heterocycles. The van der Waals surface area contributed by atoms with Crippen molar-refractivity contribution in [3.8, 4) is 0 Å². The van der Waals surface area contributed by atoms with Crippen LogP contribution in [0.25, 0.3) is 0 Å². The summed E-state index contributed by atoms with van der Waals surface area (Å²) in [5, 5.41) is 0. The van der Waals surface area contributed by atoms with Crippen LogP contribution in [0.5, 0.6) is 0 Å². The molecule has 1 fully saturated rings. The van der Waals surface area contributed by atoms with Crippen LogP contribution in [-0.4, -0.2) is 55.6 Å². The van der Waals surface area contributed by atoms with E-state index in [0.29, 0.717) is 12.8 Å². The average Bonchev–Trinajstić information content (AvgIpc) is 2.94. The first-order valence-electron chi connectivity index (χ1n) is 15.7. The standard InChI is InChI=1S/C14H20FNO3.C13H17BrFNO3.C3H9B3O3.CH4/c1-5-19-14(18)12(6-9(2)3)16-8-11(15)10(4)7-13(16)17;1-4-19-13(18)11(5-8(2)3)16-7-10(15)9(14)6-12(16)17;1-4-7-5(2)9-6(3)8-4;/h7-9,12H,5-6H2,1-4H3;6-8,11H,4-5H2,1-3H3;1-3H3;1H4. The minimum atomic E-state index is -0.796. The molecule has 1 saturated heterocycles. The second-order valence-corrected chi connectivity index (χ2v) is 12.5. The molecule has 1 aliphatic rings. The molecule has 0 saturated carbocycles. The minimum absolute atomic E-state index is 0. The molecule has 0 radical (unpaired) electrons. The molecule has 268 valence electrons. The van der Waals surface area contributed by atoms with Crippen molar-refractivity contribution < 1.29 is 41.6 Å². The van der Waals surface area contributed by atoms with Gasteiger partial charge in [-0.3, -0.25) is 18.7 Å². The van der Waals surface area contributed by atoms with Crippen LogP contribution in [0.2, 0.25) is 20.5 Å². The van der Waals surface area contributed by atoms with Gasteiger partial charge < -0.3 is 23.2 Å². The molecule has 0 bridgehead atoms. The minimum Gasteiger partial charge on any atom is -0.464 e. The second-order valence-electron chi connectivity index (χ2n) is 11.7. The van der Waals surface area contributed by atoms with E-state index in [1.165, 1.54) is 13.0 Å². The molecular weight excluding hydrogens is 695 g/mol. The fraction of sp³-hybridized carbons (Fsp3) is 0.613. The largest absolute Gasteiger partial charge is 0.464 e. The third kappa shape index (κ3) is 15.2. The fourth-order valence-electron chi connectivity index (χ4n) is 4.53. The smallest absolute Gasteiger partial charge is 0.426 e. The lowest BCUT2D eigenvalue weighted by Gasteiger charge is -2.25. The van der Waals surface area contributed by atoms with E-state index >= 15 is 0 Å². The monoisotopic (exact) mass is 744 g/mol. The molecule has 0 aromatic carbocycles. The maximum atomic E-state index is 13.6.